The number of para-hydroxylation sites is 1. The van der Waals surface area contributed by atoms with Crippen molar-refractivity contribution in [2.45, 2.75) is 52.6 Å². The van der Waals surface area contributed by atoms with Gasteiger partial charge in [0.2, 0.25) is 5.95 Å². The first kappa shape index (κ1) is 19.7. The number of carbonyl (C=O) groups excluding carboxylic acids is 1. The monoisotopic (exact) mass is 356 g/mol. The molecule has 0 saturated carbocycles. The Bertz CT molecular complexity index is 776. The molecule has 6 heteroatoms. The topological polar surface area (TPSA) is 90.1 Å². The lowest BCUT2D eigenvalue weighted by Crippen LogP contribution is -2.25. The molecule has 2 atom stereocenters. The van der Waals surface area contributed by atoms with E-state index >= 15 is 0 Å². The van der Waals surface area contributed by atoms with Crippen LogP contribution in [-0.2, 0) is 0 Å². The molecule has 0 bridgehead atoms. The maximum Gasteiger partial charge on any atom is 0.254 e. The van der Waals surface area contributed by atoms with Gasteiger partial charge in [0.05, 0.1) is 17.0 Å². The minimum Gasteiger partial charge on any atom is -0.484 e. The molecule has 2 rings (SSSR count). The van der Waals surface area contributed by atoms with E-state index in [-0.39, 0.29) is 11.9 Å². The molecular formula is C20H28N4O2. The molecular weight excluding hydrogens is 328 g/mol. The Kier molecular flexibility index (Phi) is 6.55. The molecule has 6 nitrogen and oxygen atoms in total. The highest BCUT2D eigenvalue weighted by Crippen LogP contribution is 2.33. The van der Waals surface area contributed by atoms with E-state index in [4.69, 9.17) is 10.5 Å². The SMILES string of the molecule is CCC(C)c1ccccc1OC(CC)c1nc(N)nc(C)c1C(=O)NC. The van der Waals surface area contributed by atoms with Crippen LogP contribution in [0, 0.1) is 6.92 Å². The molecule has 1 amide bonds. The number of aryl methyl sites for hydroxylation is 1. The van der Waals surface area contributed by atoms with Crippen molar-refractivity contribution in [1.82, 2.24) is 15.3 Å². The van der Waals surface area contributed by atoms with Crippen LogP contribution in [0.15, 0.2) is 24.3 Å². The van der Waals surface area contributed by atoms with Gasteiger partial charge in [0.1, 0.15) is 11.9 Å². The molecule has 0 saturated heterocycles. The molecule has 1 heterocycles. The first-order valence-electron chi connectivity index (χ1n) is 9.04. The molecule has 0 aliphatic rings. The highest BCUT2D eigenvalue weighted by Gasteiger charge is 2.25. The van der Waals surface area contributed by atoms with Crippen LogP contribution < -0.4 is 15.8 Å². The van der Waals surface area contributed by atoms with Crippen molar-refractivity contribution in [3.8, 4) is 5.75 Å². The Morgan fingerprint density at radius 2 is 1.92 bits per heavy atom. The Hall–Kier alpha value is -2.63. The summed E-state index contributed by atoms with van der Waals surface area (Å²) < 4.78 is 6.32. The average Bonchev–Trinajstić information content (AvgIpc) is 2.64. The van der Waals surface area contributed by atoms with E-state index in [1.54, 1.807) is 14.0 Å². The molecule has 1 aromatic carbocycles. The second-order valence-electron chi connectivity index (χ2n) is 6.37. The van der Waals surface area contributed by atoms with Gasteiger partial charge in [0.15, 0.2) is 0 Å². The molecule has 0 aliphatic heterocycles. The molecule has 3 N–H and O–H groups in total. The van der Waals surface area contributed by atoms with Crippen LogP contribution in [0.25, 0.3) is 0 Å². The molecule has 1 aromatic heterocycles. The standard InChI is InChI=1S/C20H28N4O2/c1-6-12(3)14-10-8-9-11-16(14)26-15(7-2)18-17(19(25)22-5)13(4)23-20(21)24-18/h8-12,15H,6-7H2,1-5H3,(H,22,25)(H2,21,23,24). The van der Waals surface area contributed by atoms with Crippen molar-refractivity contribution in [3.63, 3.8) is 0 Å². The molecule has 0 spiro atoms. The number of nitrogens with two attached hydrogens (primary N) is 1. The van der Waals surface area contributed by atoms with E-state index in [0.717, 1.165) is 17.7 Å². The molecule has 2 unspecified atom stereocenters. The fourth-order valence-corrected chi connectivity index (χ4v) is 2.96. The minimum atomic E-state index is -0.392. The van der Waals surface area contributed by atoms with Crippen LogP contribution in [0.1, 0.15) is 72.9 Å². The normalized spacial score (nSPS) is 13.1. The number of rotatable bonds is 7. The quantitative estimate of drug-likeness (QED) is 0.788. The third-order valence-electron chi connectivity index (χ3n) is 4.60. The Labute approximate surface area is 155 Å². The molecule has 0 radical (unpaired) electrons. The van der Waals surface area contributed by atoms with Gasteiger partial charge in [0, 0.05) is 7.05 Å². The molecule has 0 fully saturated rings. The van der Waals surface area contributed by atoms with Crippen LogP contribution in [0.3, 0.4) is 0 Å². The molecule has 2 aromatic rings. The van der Waals surface area contributed by atoms with Crippen molar-refractivity contribution in [3.05, 3.63) is 46.8 Å². The zero-order chi connectivity index (χ0) is 19.3. The van der Waals surface area contributed by atoms with Gasteiger partial charge in [-0.15, -0.1) is 0 Å². The summed E-state index contributed by atoms with van der Waals surface area (Å²) in [5.41, 5.74) is 8.49. The third-order valence-corrected chi connectivity index (χ3v) is 4.60. The van der Waals surface area contributed by atoms with Crippen molar-refractivity contribution < 1.29 is 9.53 Å². The van der Waals surface area contributed by atoms with Crippen molar-refractivity contribution in [2.24, 2.45) is 0 Å². The number of hydrogen-bond donors (Lipinski definition) is 2. The summed E-state index contributed by atoms with van der Waals surface area (Å²) in [7, 11) is 1.59. The van der Waals surface area contributed by atoms with E-state index in [1.165, 1.54) is 0 Å². The number of hydrogen-bond acceptors (Lipinski definition) is 5. The van der Waals surface area contributed by atoms with Crippen LogP contribution in [-0.4, -0.2) is 22.9 Å². The van der Waals surface area contributed by atoms with E-state index in [2.05, 4.69) is 35.2 Å². The number of ether oxygens (including phenoxy) is 1. The lowest BCUT2D eigenvalue weighted by Gasteiger charge is -2.23. The lowest BCUT2D eigenvalue weighted by molar-refractivity contribution is 0.0954. The van der Waals surface area contributed by atoms with Gasteiger partial charge in [-0.1, -0.05) is 39.0 Å². The minimum absolute atomic E-state index is 0.141. The van der Waals surface area contributed by atoms with E-state index in [9.17, 15) is 4.79 Å². The van der Waals surface area contributed by atoms with Crippen molar-refractivity contribution >= 4 is 11.9 Å². The van der Waals surface area contributed by atoms with Crippen LogP contribution in [0.2, 0.25) is 0 Å². The van der Waals surface area contributed by atoms with Gasteiger partial charge in [-0.2, -0.15) is 0 Å². The van der Waals surface area contributed by atoms with Crippen LogP contribution in [0.4, 0.5) is 5.95 Å². The molecule has 140 valence electrons. The Morgan fingerprint density at radius 3 is 2.54 bits per heavy atom. The number of anilines is 1. The second-order valence-corrected chi connectivity index (χ2v) is 6.37. The van der Waals surface area contributed by atoms with Crippen LogP contribution >= 0.6 is 0 Å². The highest BCUT2D eigenvalue weighted by atomic mass is 16.5. The van der Waals surface area contributed by atoms with E-state index in [1.807, 2.05) is 25.1 Å². The summed E-state index contributed by atoms with van der Waals surface area (Å²) in [5.74, 6) is 1.09. The predicted molar refractivity (Wildman–Crippen MR) is 103 cm³/mol. The zero-order valence-electron chi connectivity index (χ0n) is 16.2. The Morgan fingerprint density at radius 1 is 1.23 bits per heavy atom. The van der Waals surface area contributed by atoms with E-state index < -0.39 is 6.10 Å². The van der Waals surface area contributed by atoms with Gasteiger partial charge in [0.25, 0.3) is 5.91 Å². The van der Waals surface area contributed by atoms with Crippen molar-refractivity contribution in [1.29, 1.82) is 0 Å². The van der Waals surface area contributed by atoms with E-state index in [0.29, 0.717) is 29.3 Å². The fourth-order valence-electron chi connectivity index (χ4n) is 2.96. The lowest BCUT2D eigenvalue weighted by atomic mass is 9.97. The smallest absolute Gasteiger partial charge is 0.254 e. The predicted octanol–water partition coefficient (Wildman–Crippen LogP) is 3.77. The highest BCUT2D eigenvalue weighted by molar-refractivity contribution is 5.96. The summed E-state index contributed by atoms with van der Waals surface area (Å²) in [6, 6.07) is 8.00. The maximum atomic E-state index is 12.4. The van der Waals surface area contributed by atoms with Crippen LogP contribution in [0.5, 0.6) is 5.75 Å². The Balaban J connectivity index is 2.49. The fraction of sp³-hybridized carbons (Fsp3) is 0.450. The molecule has 26 heavy (non-hydrogen) atoms. The maximum absolute atomic E-state index is 12.4. The summed E-state index contributed by atoms with van der Waals surface area (Å²) in [6.45, 7) is 8.08. The van der Waals surface area contributed by atoms with Crippen molar-refractivity contribution in [2.75, 3.05) is 12.8 Å². The number of nitrogens with zero attached hydrogens (tertiary/aromatic N) is 2. The van der Waals surface area contributed by atoms with Gasteiger partial charge < -0.3 is 15.8 Å². The first-order valence-corrected chi connectivity index (χ1v) is 9.04. The van der Waals surface area contributed by atoms with Gasteiger partial charge in [-0.05, 0) is 37.3 Å². The first-order chi connectivity index (χ1) is 12.4. The van der Waals surface area contributed by atoms with Gasteiger partial charge in [-0.3, -0.25) is 4.79 Å². The summed E-state index contributed by atoms with van der Waals surface area (Å²) in [4.78, 5) is 20.9. The number of nitrogens with one attached hydrogen (secondary N) is 1. The second kappa shape index (κ2) is 8.65. The largest absolute Gasteiger partial charge is 0.484 e. The summed E-state index contributed by atoms with van der Waals surface area (Å²) >= 11 is 0. The number of amides is 1. The average molecular weight is 356 g/mol. The third kappa shape index (κ3) is 4.12. The van der Waals surface area contributed by atoms with Gasteiger partial charge >= 0.3 is 0 Å². The number of aromatic nitrogens is 2. The molecule has 0 aliphatic carbocycles. The number of carbonyl (C=O) groups is 1. The summed E-state index contributed by atoms with van der Waals surface area (Å²) in [6.07, 6.45) is 1.27. The zero-order valence-corrected chi connectivity index (χ0v) is 16.2. The summed E-state index contributed by atoms with van der Waals surface area (Å²) in [5, 5.41) is 2.65. The number of nitrogen functional groups attached to an aromatic ring is 1. The number of benzene rings is 1. The van der Waals surface area contributed by atoms with Gasteiger partial charge in [-0.25, -0.2) is 9.97 Å².